The first-order chi connectivity index (χ1) is 10.8. The molecule has 17 nitrogen and oxygen atoms in total. The number of likely N-dealkylation sites (N-methyl/N-ethyl adjacent to an activating group) is 1. The molecule has 0 fully saturated rings. The van der Waals surface area contributed by atoms with Crippen molar-refractivity contribution in [3.8, 4) is 0 Å². The third-order valence-electron chi connectivity index (χ3n) is 1.62. The highest BCUT2D eigenvalue weighted by Crippen LogP contribution is 2.70. The van der Waals surface area contributed by atoms with Crippen LogP contribution in [0.3, 0.4) is 0 Å². The van der Waals surface area contributed by atoms with E-state index >= 15 is 0 Å². The van der Waals surface area contributed by atoms with E-state index in [9.17, 15) is 23.1 Å². The lowest BCUT2D eigenvalue weighted by Crippen LogP contribution is -2.37. The summed E-state index contributed by atoms with van der Waals surface area (Å²) in [6.45, 7) is -0.861. The first-order valence-corrected chi connectivity index (χ1v) is 11.3. The average molecular weight is 451 g/mol. The van der Waals surface area contributed by atoms with E-state index in [0.717, 1.165) is 11.9 Å². The van der Waals surface area contributed by atoms with Crippen LogP contribution in [0, 0.1) is 5.41 Å². The first kappa shape index (κ1) is 24.3. The van der Waals surface area contributed by atoms with Gasteiger partial charge in [-0.25, -0.2) is 23.1 Å². The van der Waals surface area contributed by atoms with Crippen LogP contribution in [0.15, 0.2) is 0 Å². The molecule has 0 aromatic carbocycles. The lowest BCUT2D eigenvalue weighted by molar-refractivity contribution is -0.135. The molecule has 0 spiro atoms. The fraction of sp³-hybridized carbons (Fsp3) is 0.500. The number of guanidine groups is 1. The van der Waals surface area contributed by atoms with Crippen molar-refractivity contribution in [2.75, 3.05) is 13.6 Å². The number of phosphoric acid groups is 4. The molecule has 148 valence electrons. The Labute approximate surface area is 138 Å². The Morgan fingerprint density at radius 3 is 1.76 bits per heavy atom. The van der Waals surface area contributed by atoms with Crippen molar-refractivity contribution in [2.24, 2.45) is 5.73 Å². The van der Waals surface area contributed by atoms with E-state index in [1.165, 1.54) is 0 Å². The highest BCUT2D eigenvalue weighted by molar-refractivity contribution is 7.69. The summed E-state index contributed by atoms with van der Waals surface area (Å²) >= 11 is 0. The lowest BCUT2D eigenvalue weighted by Gasteiger charge is -2.19. The summed E-state index contributed by atoms with van der Waals surface area (Å²) in [7, 11) is -22.2. The maximum absolute atomic E-state index is 11.4. The highest BCUT2D eigenvalue weighted by atomic mass is 31.3. The van der Waals surface area contributed by atoms with E-state index in [-0.39, 0.29) is 0 Å². The fourth-order valence-electron chi connectivity index (χ4n) is 0.878. The molecule has 0 aliphatic rings. The van der Waals surface area contributed by atoms with Crippen LogP contribution in [0.5, 0.6) is 0 Å². The standard InChI is InChI=1S/C4H13N3O14P4/c1-7(4(5)6)2-3(8)18-23(12,13)20-25(16,17)21-24(14,15)19-22(9,10)11/h2H2,1H3,(H3,5,6)(H,12,13)(H,14,15)(H,16,17)(H2,9,10,11). The van der Waals surface area contributed by atoms with E-state index in [2.05, 4.69) is 17.5 Å². The van der Waals surface area contributed by atoms with Crippen molar-refractivity contribution in [1.82, 2.24) is 4.90 Å². The van der Waals surface area contributed by atoms with Crippen LogP contribution in [0.25, 0.3) is 0 Å². The molecule has 0 saturated heterocycles. The molecule has 0 aliphatic carbocycles. The number of nitrogens with one attached hydrogen (secondary N) is 1. The van der Waals surface area contributed by atoms with Crippen LogP contribution in [-0.4, -0.2) is 54.9 Å². The van der Waals surface area contributed by atoms with Crippen molar-refractivity contribution >= 4 is 43.2 Å². The van der Waals surface area contributed by atoms with Crippen molar-refractivity contribution in [3.63, 3.8) is 0 Å². The molecule has 0 aromatic rings. The third-order valence-corrected chi connectivity index (χ3v) is 7.03. The van der Waals surface area contributed by atoms with Gasteiger partial charge in [0, 0.05) is 7.05 Å². The van der Waals surface area contributed by atoms with Crippen LogP contribution in [-0.2, 0) is 40.5 Å². The van der Waals surface area contributed by atoms with Gasteiger partial charge in [-0.3, -0.25) is 10.3 Å². The minimum atomic E-state index is -5.98. The van der Waals surface area contributed by atoms with E-state index in [1.807, 2.05) is 0 Å². The normalized spacial score (nSPS) is 19.1. The number of rotatable bonds is 9. The van der Waals surface area contributed by atoms with E-state index in [4.69, 9.17) is 35.6 Å². The van der Waals surface area contributed by atoms with Crippen molar-refractivity contribution < 1.29 is 65.0 Å². The van der Waals surface area contributed by atoms with Gasteiger partial charge in [0.2, 0.25) is 0 Å². The van der Waals surface area contributed by atoms with Crippen LogP contribution >= 0.6 is 31.3 Å². The van der Waals surface area contributed by atoms with Crippen LogP contribution < -0.4 is 5.73 Å². The molecule has 8 N–H and O–H groups in total. The van der Waals surface area contributed by atoms with E-state index in [0.29, 0.717) is 0 Å². The Morgan fingerprint density at radius 2 is 1.36 bits per heavy atom. The monoisotopic (exact) mass is 451 g/mol. The molecular formula is C4H13N3O14P4. The van der Waals surface area contributed by atoms with E-state index in [1.54, 1.807) is 0 Å². The van der Waals surface area contributed by atoms with Gasteiger partial charge in [0.1, 0.15) is 6.54 Å². The molecule has 21 heteroatoms. The number of phosphoric ester groups is 1. The zero-order chi connectivity index (χ0) is 20.3. The summed E-state index contributed by atoms with van der Waals surface area (Å²) in [5, 5.41) is 6.93. The molecule has 0 heterocycles. The number of nitrogens with two attached hydrogens (primary N) is 1. The predicted molar refractivity (Wildman–Crippen MR) is 75.4 cm³/mol. The number of carbonyl (C=O) groups excluding carboxylic acids is 1. The molecule has 0 rings (SSSR count). The Balaban J connectivity index is 4.97. The maximum Gasteiger partial charge on any atom is 0.538 e. The molecule has 0 saturated carbocycles. The summed E-state index contributed by atoms with van der Waals surface area (Å²) in [6, 6.07) is 0. The van der Waals surface area contributed by atoms with Gasteiger partial charge in [-0.2, -0.15) is 12.9 Å². The van der Waals surface area contributed by atoms with Gasteiger partial charge in [0.05, 0.1) is 0 Å². The Bertz CT molecular complexity index is 713. The minimum absolute atomic E-state index is 0.641. The van der Waals surface area contributed by atoms with Gasteiger partial charge in [0.25, 0.3) is 0 Å². The Morgan fingerprint density at radius 1 is 0.960 bits per heavy atom. The third kappa shape index (κ3) is 11.5. The van der Waals surface area contributed by atoms with Crippen molar-refractivity contribution in [1.29, 1.82) is 5.41 Å². The second kappa shape index (κ2) is 8.35. The second-order valence-electron chi connectivity index (χ2n) is 3.85. The summed E-state index contributed by atoms with van der Waals surface area (Å²) in [5.74, 6) is -2.21. The quantitative estimate of drug-likeness (QED) is 0.123. The molecule has 3 atom stereocenters. The highest BCUT2D eigenvalue weighted by Gasteiger charge is 2.46. The zero-order valence-electron chi connectivity index (χ0n) is 11.9. The first-order valence-electron chi connectivity index (χ1n) is 5.30. The SMILES string of the molecule is CN(CC(=O)OP(=O)(O)OP(=O)(O)OP(=O)(O)OP(=O)(O)O)C(=N)N. The number of hydrogen-bond donors (Lipinski definition) is 7. The molecule has 0 bridgehead atoms. The topological polar surface area (TPSA) is 277 Å². The average Bonchev–Trinajstić information content (AvgIpc) is 2.18. The largest absolute Gasteiger partial charge is 0.538 e. The summed E-state index contributed by atoms with van der Waals surface area (Å²) in [5.41, 5.74) is 4.97. The van der Waals surface area contributed by atoms with Gasteiger partial charge in [0.15, 0.2) is 5.96 Å². The Kier molecular flexibility index (Phi) is 8.13. The smallest absolute Gasteiger partial charge is 0.370 e. The minimum Gasteiger partial charge on any atom is -0.370 e. The second-order valence-corrected chi connectivity index (χ2v) is 9.78. The van der Waals surface area contributed by atoms with Gasteiger partial charge < -0.3 is 34.7 Å². The van der Waals surface area contributed by atoms with Crippen LogP contribution in [0.4, 0.5) is 0 Å². The lowest BCUT2D eigenvalue weighted by atomic mass is 10.6. The van der Waals surface area contributed by atoms with Crippen LogP contribution in [0.1, 0.15) is 0 Å². The number of nitrogens with zero attached hydrogens (tertiary/aromatic N) is 1. The van der Waals surface area contributed by atoms with Gasteiger partial charge in [-0.1, -0.05) is 0 Å². The molecular weight excluding hydrogens is 438 g/mol. The molecule has 0 radical (unpaired) electrons. The Hall–Kier alpha value is -0.660. The van der Waals surface area contributed by atoms with Gasteiger partial charge >= 0.3 is 37.3 Å². The maximum atomic E-state index is 11.4. The molecule has 0 aromatic heterocycles. The molecule has 0 aliphatic heterocycles. The zero-order valence-corrected chi connectivity index (χ0v) is 15.5. The predicted octanol–water partition coefficient (Wildman–Crippen LogP) is -1.20. The van der Waals surface area contributed by atoms with Gasteiger partial charge in [-0.15, -0.1) is 0 Å². The number of hydrogen-bond acceptors (Lipinski definition) is 10. The summed E-state index contributed by atoms with van der Waals surface area (Å²) < 4.78 is 57.8. The fourth-order valence-corrected chi connectivity index (χ4v) is 5.26. The van der Waals surface area contributed by atoms with E-state index < -0.39 is 49.8 Å². The van der Waals surface area contributed by atoms with Crippen molar-refractivity contribution in [2.45, 2.75) is 0 Å². The molecule has 25 heavy (non-hydrogen) atoms. The van der Waals surface area contributed by atoms with Crippen LogP contribution in [0.2, 0.25) is 0 Å². The van der Waals surface area contributed by atoms with Crippen molar-refractivity contribution in [3.05, 3.63) is 0 Å². The molecule has 3 unspecified atom stereocenters. The molecule has 0 amide bonds. The summed E-state index contributed by atoms with van der Waals surface area (Å²) in [4.78, 5) is 55.5. The number of carbonyl (C=O) groups is 1. The summed E-state index contributed by atoms with van der Waals surface area (Å²) in [6.07, 6.45) is 0. The van der Waals surface area contributed by atoms with Gasteiger partial charge in [-0.05, 0) is 0 Å².